The van der Waals surface area contributed by atoms with Crippen LogP contribution in [0.4, 0.5) is 0 Å². The minimum Gasteiger partial charge on any atom is -0.495 e. The number of nitrogens with one attached hydrogen (secondary N) is 1. The highest BCUT2D eigenvalue weighted by atomic mass is 35.5. The Hall–Kier alpha value is -2.40. The van der Waals surface area contributed by atoms with Gasteiger partial charge in [-0.05, 0) is 37.3 Å². The molecule has 1 atom stereocenters. The number of halogens is 1. The van der Waals surface area contributed by atoms with Crippen molar-refractivity contribution >= 4 is 17.5 Å². The van der Waals surface area contributed by atoms with Gasteiger partial charge in [0, 0.05) is 5.56 Å². The molecule has 1 N–H and O–H groups in total. The molecule has 0 fully saturated rings. The van der Waals surface area contributed by atoms with Crippen LogP contribution >= 0.6 is 11.6 Å². The molecule has 0 bridgehead atoms. The van der Waals surface area contributed by atoms with Crippen LogP contribution in [-0.2, 0) is 0 Å². The second-order valence-electron chi connectivity index (χ2n) is 5.19. The third-order valence-electron chi connectivity index (χ3n) is 3.35. The van der Waals surface area contributed by atoms with Gasteiger partial charge in [-0.15, -0.1) is 0 Å². The molecule has 1 amide bonds. The summed E-state index contributed by atoms with van der Waals surface area (Å²) in [6, 6.07) is 12.1. The number of methoxy groups -OCH3 is 2. The molecule has 128 valence electrons. The minimum atomic E-state index is -0.226. The van der Waals surface area contributed by atoms with Gasteiger partial charge in [-0.3, -0.25) is 4.79 Å². The first-order chi connectivity index (χ1) is 11.5. The van der Waals surface area contributed by atoms with Gasteiger partial charge in [0.15, 0.2) is 11.5 Å². The van der Waals surface area contributed by atoms with E-state index in [9.17, 15) is 4.79 Å². The van der Waals surface area contributed by atoms with Crippen molar-refractivity contribution in [3.63, 3.8) is 0 Å². The number of benzene rings is 2. The lowest BCUT2D eigenvalue weighted by Crippen LogP contribution is -2.36. The Bertz CT molecular complexity index is 705. The molecule has 2 rings (SSSR count). The second kappa shape index (κ2) is 8.45. The first-order valence-electron chi connectivity index (χ1n) is 7.45. The quantitative estimate of drug-likeness (QED) is 0.830. The first-order valence-corrected chi connectivity index (χ1v) is 7.83. The number of amides is 1. The average molecular weight is 350 g/mol. The predicted octanol–water partition coefficient (Wildman–Crippen LogP) is 3.55. The molecule has 2 aromatic carbocycles. The number of hydrogen-bond donors (Lipinski definition) is 1. The van der Waals surface area contributed by atoms with Crippen molar-refractivity contribution < 1.29 is 19.0 Å². The smallest absolute Gasteiger partial charge is 0.251 e. The third-order valence-corrected chi connectivity index (χ3v) is 3.64. The number of ether oxygens (including phenoxy) is 3. The van der Waals surface area contributed by atoms with Gasteiger partial charge in [0.25, 0.3) is 5.91 Å². The fourth-order valence-corrected chi connectivity index (χ4v) is 2.37. The number of rotatable bonds is 7. The molecule has 5 nitrogen and oxygen atoms in total. The molecule has 0 aliphatic carbocycles. The second-order valence-corrected chi connectivity index (χ2v) is 5.59. The van der Waals surface area contributed by atoms with E-state index in [1.165, 1.54) is 7.11 Å². The lowest BCUT2D eigenvalue weighted by molar-refractivity contribution is 0.0926. The molecule has 0 aliphatic rings. The molecule has 0 unspecified atom stereocenters. The molecule has 6 heteroatoms. The van der Waals surface area contributed by atoms with E-state index in [4.69, 9.17) is 25.8 Å². The molecule has 0 heterocycles. The number of carbonyl (C=O) groups excluding carboxylic acids is 1. The maximum absolute atomic E-state index is 12.3. The summed E-state index contributed by atoms with van der Waals surface area (Å²) < 4.78 is 16.0. The average Bonchev–Trinajstić information content (AvgIpc) is 2.60. The van der Waals surface area contributed by atoms with E-state index in [1.54, 1.807) is 25.3 Å². The van der Waals surface area contributed by atoms with Crippen LogP contribution in [0.1, 0.15) is 17.3 Å². The van der Waals surface area contributed by atoms with Gasteiger partial charge in [0.1, 0.15) is 12.4 Å². The van der Waals surface area contributed by atoms with Crippen LogP contribution in [0.5, 0.6) is 17.2 Å². The lowest BCUT2D eigenvalue weighted by atomic mass is 10.2. The Morgan fingerprint density at radius 2 is 1.75 bits per heavy atom. The van der Waals surface area contributed by atoms with Gasteiger partial charge in [-0.25, -0.2) is 0 Å². The van der Waals surface area contributed by atoms with E-state index in [2.05, 4.69) is 5.32 Å². The summed E-state index contributed by atoms with van der Waals surface area (Å²) in [6.45, 7) is 2.18. The molecule has 0 radical (unpaired) electrons. The SMILES string of the molecule is COc1ccc(C(=O)N[C@@H](C)COc2ccccc2OC)cc1Cl. The van der Waals surface area contributed by atoms with Crippen LogP contribution in [0, 0.1) is 0 Å². The highest BCUT2D eigenvalue weighted by molar-refractivity contribution is 6.32. The van der Waals surface area contributed by atoms with E-state index in [1.807, 2.05) is 31.2 Å². The molecule has 0 saturated heterocycles. The monoisotopic (exact) mass is 349 g/mol. The number of para-hydroxylation sites is 2. The first kappa shape index (κ1) is 17.9. The van der Waals surface area contributed by atoms with Crippen LogP contribution in [0.2, 0.25) is 5.02 Å². The number of carbonyl (C=O) groups is 1. The van der Waals surface area contributed by atoms with Crippen LogP contribution in [-0.4, -0.2) is 32.8 Å². The van der Waals surface area contributed by atoms with Gasteiger partial charge in [-0.2, -0.15) is 0 Å². The molecule has 0 aliphatic heterocycles. The van der Waals surface area contributed by atoms with Crippen molar-refractivity contribution in [1.29, 1.82) is 0 Å². The Morgan fingerprint density at radius 1 is 1.08 bits per heavy atom. The fourth-order valence-electron chi connectivity index (χ4n) is 2.11. The maximum Gasteiger partial charge on any atom is 0.251 e. The summed E-state index contributed by atoms with van der Waals surface area (Å²) in [4.78, 5) is 12.3. The zero-order valence-electron chi connectivity index (χ0n) is 13.8. The van der Waals surface area contributed by atoms with Crippen molar-refractivity contribution in [1.82, 2.24) is 5.32 Å². The third kappa shape index (κ3) is 4.55. The van der Waals surface area contributed by atoms with Crippen molar-refractivity contribution in [2.24, 2.45) is 0 Å². The highest BCUT2D eigenvalue weighted by Gasteiger charge is 2.13. The van der Waals surface area contributed by atoms with Gasteiger partial charge < -0.3 is 19.5 Å². The van der Waals surface area contributed by atoms with Crippen LogP contribution in [0.3, 0.4) is 0 Å². The van der Waals surface area contributed by atoms with Crippen LogP contribution in [0.25, 0.3) is 0 Å². The number of hydrogen-bond acceptors (Lipinski definition) is 4. The zero-order chi connectivity index (χ0) is 17.5. The van der Waals surface area contributed by atoms with Crippen LogP contribution < -0.4 is 19.5 Å². The standard InChI is InChI=1S/C18H20ClNO4/c1-12(11-24-17-7-5-4-6-16(17)23-3)20-18(21)13-8-9-15(22-2)14(19)10-13/h4-10,12H,11H2,1-3H3,(H,20,21)/t12-/m0/s1. The molecule has 0 spiro atoms. The van der Waals surface area contributed by atoms with Gasteiger partial charge in [-0.1, -0.05) is 23.7 Å². The fraction of sp³-hybridized carbons (Fsp3) is 0.278. The summed E-state index contributed by atoms with van der Waals surface area (Å²) in [5, 5.41) is 3.26. The lowest BCUT2D eigenvalue weighted by Gasteiger charge is -2.16. The van der Waals surface area contributed by atoms with Crippen molar-refractivity contribution in [2.45, 2.75) is 13.0 Å². The molecule has 24 heavy (non-hydrogen) atoms. The largest absolute Gasteiger partial charge is 0.495 e. The summed E-state index contributed by atoms with van der Waals surface area (Å²) in [6.07, 6.45) is 0. The maximum atomic E-state index is 12.3. The molecule has 0 aromatic heterocycles. The van der Waals surface area contributed by atoms with Crippen molar-refractivity contribution in [2.75, 3.05) is 20.8 Å². The minimum absolute atomic E-state index is 0.191. The van der Waals surface area contributed by atoms with Crippen molar-refractivity contribution in [3.05, 3.63) is 53.1 Å². The highest BCUT2D eigenvalue weighted by Crippen LogP contribution is 2.26. The van der Waals surface area contributed by atoms with E-state index >= 15 is 0 Å². The van der Waals surface area contributed by atoms with Gasteiger partial charge >= 0.3 is 0 Å². The topological polar surface area (TPSA) is 56.8 Å². The molecular formula is C18H20ClNO4. The Kier molecular flexibility index (Phi) is 6.32. The Morgan fingerprint density at radius 3 is 2.38 bits per heavy atom. The van der Waals surface area contributed by atoms with Gasteiger partial charge in [0.2, 0.25) is 0 Å². The molecular weight excluding hydrogens is 330 g/mol. The summed E-state index contributed by atoms with van der Waals surface area (Å²) in [7, 11) is 3.11. The van der Waals surface area contributed by atoms with Crippen molar-refractivity contribution in [3.8, 4) is 17.2 Å². The Labute approximate surface area is 146 Å². The van der Waals surface area contributed by atoms with Crippen LogP contribution in [0.15, 0.2) is 42.5 Å². The Balaban J connectivity index is 1.93. The summed E-state index contributed by atoms with van der Waals surface area (Å²) >= 11 is 6.04. The molecule has 0 saturated carbocycles. The summed E-state index contributed by atoms with van der Waals surface area (Å²) in [5.74, 6) is 1.59. The van der Waals surface area contributed by atoms with E-state index < -0.39 is 0 Å². The van der Waals surface area contributed by atoms with E-state index in [0.29, 0.717) is 34.4 Å². The summed E-state index contributed by atoms with van der Waals surface area (Å²) in [5.41, 5.74) is 0.463. The van der Waals surface area contributed by atoms with Gasteiger partial charge in [0.05, 0.1) is 25.3 Å². The van der Waals surface area contributed by atoms with E-state index in [-0.39, 0.29) is 11.9 Å². The predicted molar refractivity (Wildman–Crippen MR) is 93.4 cm³/mol. The van der Waals surface area contributed by atoms with E-state index in [0.717, 1.165) is 0 Å². The normalized spacial score (nSPS) is 11.5. The molecule has 2 aromatic rings. The zero-order valence-corrected chi connectivity index (χ0v) is 14.6.